The highest BCUT2D eigenvalue weighted by Crippen LogP contribution is 1.98. The van der Waals surface area contributed by atoms with Crippen LogP contribution in [0.15, 0.2) is 24.6 Å². The summed E-state index contributed by atoms with van der Waals surface area (Å²) in [5.41, 5.74) is 0. The van der Waals surface area contributed by atoms with Gasteiger partial charge in [-0.2, -0.15) is 0 Å². The summed E-state index contributed by atoms with van der Waals surface area (Å²) in [5.74, 6) is -0.327. The van der Waals surface area contributed by atoms with Gasteiger partial charge in [-0.25, -0.2) is 0 Å². The molecule has 1 aliphatic heterocycles. The lowest BCUT2D eigenvalue weighted by atomic mass is 10.2. The molecule has 0 aromatic carbocycles. The van der Waals surface area contributed by atoms with Crippen molar-refractivity contribution < 1.29 is 14.6 Å². The van der Waals surface area contributed by atoms with Crippen molar-refractivity contribution in [3.63, 3.8) is 0 Å². The van der Waals surface area contributed by atoms with Gasteiger partial charge in [-0.1, -0.05) is 0 Å². The summed E-state index contributed by atoms with van der Waals surface area (Å²) in [6, 6.07) is 0. The Bertz CT molecular complexity index is 212. The molecule has 4 heteroatoms. The van der Waals surface area contributed by atoms with E-state index >= 15 is 0 Å². The third-order valence-electron chi connectivity index (χ3n) is 1.40. The Morgan fingerprint density at radius 1 is 1.83 bits per heavy atom. The third-order valence-corrected chi connectivity index (χ3v) is 1.40. The number of carbonyl (C=O) groups is 1. The van der Waals surface area contributed by atoms with Crippen molar-refractivity contribution in [2.24, 2.45) is 0 Å². The van der Waals surface area contributed by atoms with E-state index in [1.165, 1.54) is 19.3 Å². The maximum absolute atomic E-state index is 10.9. The van der Waals surface area contributed by atoms with Gasteiger partial charge in [0, 0.05) is 6.20 Å². The van der Waals surface area contributed by atoms with Crippen molar-refractivity contribution in [1.29, 1.82) is 0 Å². The Hall–Kier alpha value is -1.29. The van der Waals surface area contributed by atoms with Gasteiger partial charge in [0.15, 0.2) is 12.0 Å². The van der Waals surface area contributed by atoms with Gasteiger partial charge in [0.05, 0.1) is 0 Å². The number of aliphatic hydroxyl groups excluding tert-OH is 1. The number of hydrogen-bond acceptors (Lipinski definition) is 4. The van der Waals surface area contributed by atoms with Crippen molar-refractivity contribution >= 4 is 5.78 Å². The zero-order valence-electron chi connectivity index (χ0n) is 6.73. The average molecular weight is 169 g/mol. The minimum absolute atomic E-state index is 0.285. The van der Waals surface area contributed by atoms with Gasteiger partial charge in [-0.3, -0.25) is 4.79 Å². The van der Waals surface area contributed by atoms with Gasteiger partial charge in [0.2, 0.25) is 0 Å². The van der Waals surface area contributed by atoms with E-state index in [1.807, 2.05) is 0 Å². The number of ketones is 1. The van der Waals surface area contributed by atoms with Gasteiger partial charge in [0.25, 0.3) is 0 Å². The lowest BCUT2D eigenvalue weighted by molar-refractivity contribution is -0.121. The second kappa shape index (κ2) is 3.92. The predicted molar refractivity (Wildman–Crippen MR) is 43.0 cm³/mol. The molecule has 2 atom stereocenters. The van der Waals surface area contributed by atoms with Crippen molar-refractivity contribution in [3.05, 3.63) is 24.6 Å². The standard InChI is InChI=1S/C8H11NO3/c1-6(10)7(11)2-3-8-9-4-5-12-8/h2-6,8-10H,1H3/b3-2+/t6-,8+/m0/s1. The molecule has 1 rings (SSSR count). The maximum Gasteiger partial charge on any atom is 0.188 e. The molecule has 0 bridgehead atoms. The van der Waals surface area contributed by atoms with E-state index in [9.17, 15) is 4.79 Å². The fourth-order valence-electron chi connectivity index (χ4n) is 0.720. The molecule has 0 amide bonds. The van der Waals surface area contributed by atoms with Crippen molar-refractivity contribution in [2.45, 2.75) is 19.3 Å². The summed E-state index contributed by atoms with van der Waals surface area (Å²) in [4.78, 5) is 10.9. The summed E-state index contributed by atoms with van der Waals surface area (Å²) in [6.07, 6.45) is 4.76. The van der Waals surface area contributed by atoms with Crippen LogP contribution in [0.4, 0.5) is 0 Å². The van der Waals surface area contributed by atoms with Crippen molar-refractivity contribution in [3.8, 4) is 0 Å². The smallest absolute Gasteiger partial charge is 0.188 e. The van der Waals surface area contributed by atoms with E-state index in [0.29, 0.717) is 0 Å². The Balaban J connectivity index is 2.34. The van der Waals surface area contributed by atoms with Gasteiger partial charge < -0.3 is 15.2 Å². The van der Waals surface area contributed by atoms with Gasteiger partial charge in [-0.05, 0) is 19.1 Å². The molecule has 0 aliphatic carbocycles. The van der Waals surface area contributed by atoms with E-state index in [2.05, 4.69) is 5.32 Å². The SMILES string of the molecule is C[C@H](O)C(=O)/C=C/[C@@H]1NC=CO1. The van der Waals surface area contributed by atoms with Crippen LogP contribution >= 0.6 is 0 Å². The first kappa shape index (κ1) is 8.80. The van der Waals surface area contributed by atoms with Crippen LogP contribution in [0.25, 0.3) is 0 Å². The van der Waals surface area contributed by atoms with E-state index in [0.717, 1.165) is 0 Å². The van der Waals surface area contributed by atoms with Crippen LogP contribution in [0.5, 0.6) is 0 Å². The first-order valence-corrected chi connectivity index (χ1v) is 3.67. The fraction of sp³-hybridized carbons (Fsp3) is 0.375. The quantitative estimate of drug-likeness (QED) is 0.580. The number of ether oxygens (including phenoxy) is 1. The van der Waals surface area contributed by atoms with E-state index in [-0.39, 0.29) is 12.0 Å². The van der Waals surface area contributed by atoms with E-state index in [4.69, 9.17) is 9.84 Å². The number of rotatable bonds is 3. The first-order chi connectivity index (χ1) is 5.70. The zero-order valence-corrected chi connectivity index (χ0v) is 6.73. The van der Waals surface area contributed by atoms with Crippen LogP contribution in [-0.2, 0) is 9.53 Å². The number of hydrogen-bond donors (Lipinski definition) is 2. The van der Waals surface area contributed by atoms with Crippen LogP contribution in [0, 0.1) is 0 Å². The molecule has 0 aromatic rings. The third kappa shape index (κ3) is 2.39. The molecule has 0 radical (unpaired) electrons. The molecule has 4 nitrogen and oxygen atoms in total. The molecule has 0 saturated heterocycles. The Kier molecular flexibility index (Phi) is 2.88. The number of aliphatic hydroxyl groups is 1. The summed E-state index contributed by atoms with van der Waals surface area (Å²) >= 11 is 0. The highest BCUT2D eigenvalue weighted by Gasteiger charge is 2.08. The topological polar surface area (TPSA) is 58.6 Å². The highest BCUT2D eigenvalue weighted by molar-refractivity contribution is 5.92. The molecule has 2 N–H and O–H groups in total. The largest absolute Gasteiger partial charge is 0.473 e. The molecule has 12 heavy (non-hydrogen) atoms. The van der Waals surface area contributed by atoms with Gasteiger partial charge in [0.1, 0.15) is 12.4 Å². The van der Waals surface area contributed by atoms with Crippen LogP contribution in [0.1, 0.15) is 6.92 Å². The monoisotopic (exact) mass is 169 g/mol. The van der Waals surface area contributed by atoms with Crippen LogP contribution in [0.3, 0.4) is 0 Å². The Labute approximate surface area is 70.5 Å². The fourth-order valence-corrected chi connectivity index (χ4v) is 0.720. The molecule has 1 heterocycles. The van der Waals surface area contributed by atoms with E-state index in [1.54, 1.807) is 12.3 Å². The Morgan fingerprint density at radius 2 is 2.58 bits per heavy atom. The molecular formula is C8H11NO3. The Morgan fingerprint density at radius 3 is 3.08 bits per heavy atom. The maximum atomic E-state index is 10.9. The summed E-state index contributed by atoms with van der Waals surface area (Å²) in [7, 11) is 0. The molecule has 66 valence electrons. The van der Waals surface area contributed by atoms with Gasteiger partial charge >= 0.3 is 0 Å². The van der Waals surface area contributed by atoms with Crippen LogP contribution in [0.2, 0.25) is 0 Å². The molecule has 0 fully saturated rings. The molecule has 0 spiro atoms. The van der Waals surface area contributed by atoms with Gasteiger partial charge in [-0.15, -0.1) is 0 Å². The normalized spacial score (nSPS) is 23.7. The van der Waals surface area contributed by atoms with Crippen molar-refractivity contribution in [1.82, 2.24) is 5.32 Å². The second-order valence-corrected chi connectivity index (χ2v) is 2.46. The van der Waals surface area contributed by atoms with Crippen LogP contribution in [-0.4, -0.2) is 23.2 Å². The number of carbonyl (C=O) groups excluding carboxylic acids is 1. The van der Waals surface area contributed by atoms with E-state index < -0.39 is 6.10 Å². The average Bonchev–Trinajstić information content (AvgIpc) is 2.51. The summed E-state index contributed by atoms with van der Waals surface area (Å²) < 4.78 is 4.97. The highest BCUT2D eigenvalue weighted by atomic mass is 16.5. The molecule has 1 aliphatic rings. The zero-order chi connectivity index (χ0) is 8.97. The summed E-state index contributed by atoms with van der Waals surface area (Å²) in [6.45, 7) is 1.42. The number of nitrogens with one attached hydrogen (secondary N) is 1. The molecule has 0 saturated carbocycles. The molecule has 0 aromatic heterocycles. The first-order valence-electron chi connectivity index (χ1n) is 3.67. The summed E-state index contributed by atoms with van der Waals surface area (Å²) in [5, 5.41) is 11.6. The lowest BCUT2D eigenvalue weighted by Crippen LogP contribution is -2.19. The second-order valence-electron chi connectivity index (χ2n) is 2.46. The molecular weight excluding hydrogens is 158 g/mol. The lowest BCUT2D eigenvalue weighted by Gasteiger charge is -2.04. The molecule has 0 unspecified atom stereocenters. The minimum Gasteiger partial charge on any atom is -0.473 e. The van der Waals surface area contributed by atoms with Crippen molar-refractivity contribution in [2.75, 3.05) is 0 Å². The van der Waals surface area contributed by atoms with Crippen LogP contribution < -0.4 is 5.32 Å². The predicted octanol–water partition coefficient (Wildman–Crippen LogP) is -0.0904. The minimum atomic E-state index is -0.949.